The fourth-order valence-corrected chi connectivity index (χ4v) is 1.15. The first-order valence-corrected chi connectivity index (χ1v) is 4.08. The highest BCUT2D eigenvalue weighted by molar-refractivity contribution is 6.32. The lowest BCUT2D eigenvalue weighted by Crippen LogP contribution is -1.75. The van der Waals surface area contributed by atoms with Crippen molar-refractivity contribution in [2.24, 2.45) is 0 Å². The molecule has 1 aliphatic carbocycles. The fourth-order valence-electron chi connectivity index (χ4n) is 0.934. The van der Waals surface area contributed by atoms with E-state index in [-0.39, 0.29) is 0 Å². The summed E-state index contributed by atoms with van der Waals surface area (Å²) in [7, 11) is 0. The number of allylic oxidation sites excluding steroid dienone is 8. The average Bonchev–Trinajstić information content (AvgIpc) is 2.18. The quantitative estimate of drug-likeness (QED) is 0.559. The summed E-state index contributed by atoms with van der Waals surface area (Å²) >= 11 is 5.97. The molecule has 0 aromatic heterocycles. The third-order valence-corrected chi connectivity index (χ3v) is 1.84. The van der Waals surface area contributed by atoms with Crippen molar-refractivity contribution in [3.05, 3.63) is 47.1 Å². The van der Waals surface area contributed by atoms with Gasteiger partial charge >= 0.3 is 0 Å². The fraction of sp³-hybridized carbons (Fsp3) is 0.200. The molecule has 0 atom stereocenters. The van der Waals surface area contributed by atoms with E-state index in [2.05, 4.69) is 6.08 Å². The van der Waals surface area contributed by atoms with E-state index in [1.54, 1.807) is 0 Å². The molecule has 0 radical (unpaired) electrons. The molecule has 0 fully saturated rings. The lowest BCUT2D eigenvalue weighted by atomic mass is 10.2. The summed E-state index contributed by atoms with van der Waals surface area (Å²) in [5.74, 6) is 0. The Morgan fingerprint density at radius 3 is 3.09 bits per heavy atom. The van der Waals surface area contributed by atoms with Crippen LogP contribution < -0.4 is 0 Å². The molecule has 0 aromatic rings. The molecule has 0 N–H and O–H groups in total. The molecule has 11 heavy (non-hydrogen) atoms. The Hall–Kier alpha value is -0.750. The van der Waals surface area contributed by atoms with Gasteiger partial charge < -0.3 is 0 Å². The van der Waals surface area contributed by atoms with Crippen molar-refractivity contribution in [1.29, 1.82) is 0 Å². The smallest absolute Gasteiger partial charge is 0.0441 e. The number of hydrogen-bond acceptors (Lipinski definition) is 0. The first-order valence-electron chi connectivity index (χ1n) is 3.70. The predicted octanol–water partition coefficient (Wildman–Crippen LogP) is 3.57. The van der Waals surface area contributed by atoms with Gasteiger partial charge in [-0.15, -0.1) is 0 Å². The Morgan fingerprint density at radius 1 is 1.55 bits per heavy atom. The van der Waals surface area contributed by atoms with E-state index in [4.69, 9.17) is 11.6 Å². The molecular formula is C10H11Cl. The lowest BCUT2D eigenvalue weighted by Gasteiger charge is -1.95. The Kier molecular flexibility index (Phi) is 3.18. The van der Waals surface area contributed by atoms with E-state index in [1.165, 1.54) is 0 Å². The molecule has 0 spiro atoms. The second-order valence-electron chi connectivity index (χ2n) is 2.34. The number of halogens is 1. The van der Waals surface area contributed by atoms with Crippen molar-refractivity contribution >= 4 is 11.6 Å². The Bertz CT molecular complexity index is 242. The summed E-state index contributed by atoms with van der Waals surface area (Å²) < 4.78 is 0. The van der Waals surface area contributed by atoms with E-state index in [1.807, 2.05) is 37.3 Å². The SMILES string of the molecule is C/C=C/C1=CC=CCC=C1Cl. The Labute approximate surface area is 72.6 Å². The van der Waals surface area contributed by atoms with Crippen LogP contribution >= 0.6 is 11.6 Å². The van der Waals surface area contributed by atoms with E-state index < -0.39 is 0 Å². The molecule has 1 aliphatic rings. The molecule has 0 heterocycles. The first-order chi connectivity index (χ1) is 5.34. The van der Waals surface area contributed by atoms with Crippen molar-refractivity contribution in [2.75, 3.05) is 0 Å². The maximum atomic E-state index is 5.97. The second kappa shape index (κ2) is 4.20. The topological polar surface area (TPSA) is 0 Å². The lowest BCUT2D eigenvalue weighted by molar-refractivity contribution is 1.39. The van der Waals surface area contributed by atoms with Crippen LogP contribution in [0.2, 0.25) is 0 Å². The van der Waals surface area contributed by atoms with Crippen molar-refractivity contribution in [3.8, 4) is 0 Å². The molecule has 58 valence electrons. The van der Waals surface area contributed by atoms with Crippen LogP contribution in [0.25, 0.3) is 0 Å². The molecule has 0 saturated heterocycles. The van der Waals surface area contributed by atoms with E-state index in [9.17, 15) is 0 Å². The molecule has 0 aromatic carbocycles. The van der Waals surface area contributed by atoms with Gasteiger partial charge in [-0.2, -0.15) is 0 Å². The van der Waals surface area contributed by atoms with Crippen LogP contribution in [0.1, 0.15) is 13.3 Å². The highest BCUT2D eigenvalue weighted by atomic mass is 35.5. The summed E-state index contributed by atoms with van der Waals surface area (Å²) in [4.78, 5) is 0. The highest BCUT2D eigenvalue weighted by Gasteiger charge is 1.97. The highest BCUT2D eigenvalue weighted by Crippen LogP contribution is 2.19. The molecule has 0 nitrogen and oxygen atoms in total. The summed E-state index contributed by atoms with van der Waals surface area (Å²) in [5, 5.41) is 0.841. The minimum absolute atomic E-state index is 0.841. The van der Waals surface area contributed by atoms with Gasteiger partial charge in [-0.25, -0.2) is 0 Å². The molecule has 0 saturated carbocycles. The third kappa shape index (κ3) is 2.39. The van der Waals surface area contributed by atoms with Gasteiger partial charge in [0.05, 0.1) is 0 Å². The maximum absolute atomic E-state index is 5.97. The van der Waals surface area contributed by atoms with Crippen molar-refractivity contribution < 1.29 is 0 Å². The van der Waals surface area contributed by atoms with Crippen LogP contribution in [0.4, 0.5) is 0 Å². The van der Waals surface area contributed by atoms with Gasteiger partial charge in [0, 0.05) is 5.03 Å². The summed E-state index contributed by atoms with van der Waals surface area (Å²) in [6.07, 6.45) is 13.1. The maximum Gasteiger partial charge on any atom is 0.0441 e. The summed E-state index contributed by atoms with van der Waals surface area (Å²) in [6.45, 7) is 1.99. The molecule has 1 rings (SSSR count). The van der Waals surface area contributed by atoms with Gasteiger partial charge in [-0.05, 0) is 18.9 Å². The van der Waals surface area contributed by atoms with Gasteiger partial charge in [0.2, 0.25) is 0 Å². The monoisotopic (exact) mass is 166 g/mol. The Balaban J connectivity index is 2.88. The van der Waals surface area contributed by atoms with Crippen molar-refractivity contribution in [1.82, 2.24) is 0 Å². The molecule has 0 amide bonds. The van der Waals surface area contributed by atoms with Gasteiger partial charge in [-0.3, -0.25) is 0 Å². The molecule has 1 heteroatoms. The summed E-state index contributed by atoms with van der Waals surface area (Å²) in [5.41, 5.74) is 1.09. The van der Waals surface area contributed by atoms with Gasteiger partial charge in [-0.1, -0.05) is 48.1 Å². The van der Waals surface area contributed by atoms with Crippen LogP contribution in [0.3, 0.4) is 0 Å². The minimum Gasteiger partial charge on any atom is -0.0870 e. The largest absolute Gasteiger partial charge is 0.0870 e. The van der Waals surface area contributed by atoms with E-state index >= 15 is 0 Å². The van der Waals surface area contributed by atoms with Gasteiger partial charge in [0.1, 0.15) is 0 Å². The molecule has 0 unspecified atom stereocenters. The number of rotatable bonds is 1. The third-order valence-electron chi connectivity index (χ3n) is 1.47. The molecule has 0 aliphatic heterocycles. The second-order valence-corrected chi connectivity index (χ2v) is 2.75. The average molecular weight is 167 g/mol. The van der Waals surface area contributed by atoms with E-state index in [0.717, 1.165) is 17.0 Å². The number of hydrogen-bond donors (Lipinski definition) is 0. The normalized spacial score (nSPS) is 18.0. The minimum atomic E-state index is 0.841. The standard InChI is InChI=1S/C10H11Cl/c1-2-6-9-7-4-3-5-8-10(9)11/h2-4,6-8H,5H2,1H3/b6-2+. The van der Waals surface area contributed by atoms with Crippen LogP contribution in [-0.4, -0.2) is 0 Å². The van der Waals surface area contributed by atoms with Gasteiger partial charge in [0.15, 0.2) is 0 Å². The van der Waals surface area contributed by atoms with Crippen LogP contribution in [-0.2, 0) is 0 Å². The predicted molar refractivity (Wildman–Crippen MR) is 50.6 cm³/mol. The zero-order chi connectivity index (χ0) is 8.10. The van der Waals surface area contributed by atoms with Gasteiger partial charge in [0.25, 0.3) is 0 Å². The van der Waals surface area contributed by atoms with E-state index in [0.29, 0.717) is 0 Å². The molecule has 0 bridgehead atoms. The zero-order valence-corrected chi connectivity index (χ0v) is 7.31. The zero-order valence-electron chi connectivity index (χ0n) is 6.55. The van der Waals surface area contributed by atoms with Crippen LogP contribution in [0, 0.1) is 0 Å². The molecular weight excluding hydrogens is 156 g/mol. The summed E-state index contributed by atoms with van der Waals surface area (Å²) in [6, 6.07) is 0. The van der Waals surface area contributed by atoms with Crippen molar-refractivity contribution in [2.45, 2.75) is 13.3 Å². The Morgan fingerprint density at radius 2 is 2.36 bits per heavy atom. The van der Waals surface area contributed by atoms with Crippen molar-refractivity contribution in [3.63, 3.8) is 0 Å². The first kappa shape index (κ1) is 8.35. The van der Waals surface area contributed by atoms with Crippen LogP contribution in [0.15, 0.2) is 47.1 Å². The van der Waals surface area contributed by atoms with Crippen LogP contribution in [0.5, 0.6) is 0 Å².